The van der Waals surface area contributed by atoms with E-state index >= 15 is 0 Å². The first-order valence-corrected chi connectivity index (χ1v) is 7.45. The summed E-state index contributed by atoms with van der Waals surface area (Å²) in [5.41, 5.74) is 1.26. The van der Waals surface area contributed by atoms with Gasteiger partial charge in [0.05, 0.1) is 7.11 Å². The van der Waals surface area contributed by atoms with Crippen LogP contribution in [0.4, 0.5) is 0 Å². The summed E-state index contributed by atoms with van der Waals surface area (Å²) >= 11 is 0. The zero-order chi connectivity index (χ0) is 13.5. The molecule has 19 heavy (non-hydrogen) atoms. The number of hydrogen-bond acceptors (Lipinski definition) is 2. The highest BCUT2D eigenvalue weighted by molar-refractivity contribution is 5.81. The van der Waals surface area contributed by atoms with Gasteiger partial charge in [0.1, 0.15) is 11.5 Å². The van der Waals surface area contributed by atoms with Gasteiger partial charge in [-0.3, -0.25) is 4.79 Å². The van der Waals surface area contributed by atoms with Gasteiger partial charge in [-0.05, 0) is 43.4 Å². The number of ketones is 1. The number of rotatable bonds is 6. The zero-order valence-electron chi connectivity index (χ0n) is 11.9. The van der Waals surface area contributed by atoms with Crippen molar-refractivity contribution in [2.45, 2.75) is 51.4 Å². The summed E-state index contributed by atoms with van der Waals surface area (Å²) in [6, 6.07) is 8.13. The van der Waals surface area contributed by atoms with E-state index < -0.39 is 0 Å². The van der Waals surface area contributed by atoms with Crippen molar-refractivity contribution in [3.8, 4) is 5.75 Å². The molecular formula is C17H24O2. The summed E-state index contributed by atoms with van der Waals surface area (Å²) in [4.78, 5) is 12.1. The molecule has 1 fully saturated rings. The summed E-state index contributed by atoms with van der Waals surface area (Å²) in [5.74, 6) is 1.75. The maximum atomic E-state index is 12.1. The molecule has 1 aliphatic carbocycles. The molecule has 1 aromatic rings. The molecule has 0 heterocycles. The monoisotopic (exact) mass is 260 g/mol. The predicted octanol–water partition coefficient (Wildman–Crippen LogP) is 4.17. The lowest BCUT2D eigenvalue weighted by Crippen LogP contribution is -2.17. The minimum Gasteiger partial charge on any atom is -0.497 e. The third kappa shape index (κ3) is 4.38. The first-order valence-electron chi connectivity index (χ1n) is 7.45. The molecule has 0 bridgehead atoms. The average Bonchev–Trinajstić information content (AvgIpc) is 2.48. The Hall–Kier alpha value is -1.31. The number of aryl methyl sites for hydroxylation is 1. The minimum absolute atomic E-state index is 0.360. The van der Waals surface area contributed by atoms with Gasteiger partial charge in [0, 0.05) is 12.3 Å². The van der Waals surface area contributed by atoms with Crippen molar-refractivity contribution in [3.63, 3.8) is 0 Å². The van der Waals surface area contributed by atoms with E-state index in [0.717, 1.165) is 37.9 Å². The van der Waals surface area contributed by atoms with Gasteiger partial charge in [-0.1, -0.05) is 31.4 Å². The third-order valence-corrected chi connectivity index (χ3v) is 4.08. The van der Waals surface area contributed by atoms with Gasteiger partial charge in [-0.25, -0.2) is 0 Å². The Morgan fingerprint density at radius 2 is 2.05 bits per heavy atom. The Bertz CT molecular complexity index is 405. The van der Waals surface area contributed by atoms with Crippen LogP contribution in [0.2, 0.25) is 0 Å². The van der Waals surface area contributed by atoms with Gasteiger partial charge >= 0.3 is 0 Å². The van der Waals surface area contributed by atoms with Crippen LogP contribution in [0.5, 0.6) is 5.75 Å². The van der Waals surface area contributed by atoms with E-state index in [4.69, 9.17) is 4.74 Å². The predicted molar refractivity (Wildman–Crippen MR) is 77.5 cm³/mol. The van der Waals surface area contributed by atoms with Crippen LogP contribution < -0.4 is 4.74 Å². The molecule has 0 spiro atoms. The lowest BCUT2D eigenvalue weighted by Gasteiger charge is -2.20. The number of hydrogen-bond donors (Lipinski definition) is 0. The molecule has 0 amide bonds. The molecule has 1 aromatic carbocycles. The topological polar surface area (TPSA) is 26.3 Å². The van der Waals surface area contributed by atoms with Crippen molar-refractivity contribution in [2.24, 2.45) is 5.92 Å². The van der Waals surface area contributed by atoms with Crippen LogP contribution in [0.25, 0.3) is 0 Å². The standard InChI is InChI=1S/C17H24O2/c1-19-16-11-5-7-14(13-16)8-6-12-17(18)15-9-3-2-4-10-15/h5,7,11,13,15H,2-4,6,8-10,12H2,1H3. The van der Waals surface area contributed by atoms with Crippen LogP contribution in [0, 0.1) is 5.92 Å². The molecule has 104 valence electrons. The van der Waals surface area contributed by atoms with Crippen LogP contribution in [0.1, 0.15) is 50.5 Å². The Balaban J connectivity index is 1.74. The number of methoxy groups -OCH3 is 1. The molecule has 0 aromatic heterocycles. The second-order valence-electron chi connectivity index (χ2n) is 5.51. The van der Waals surface area contributed by atoms with Crippen LogP contribution in [-0.4, -0.2) is 12.9 Å². The SMILES string of the molecule is COc1cccc(CCCC(=O)C2CCCCC2)c1. The molecule has 0 radical (unpaired) electrons. The largest absolute Gasteiger partial charge is 0.497 e. The van der Waals surface area contributed by atoms with Gasteiger partial charge < -0.3 is 4.74 Å². The summed E-state index contributed by atoms with van der Waals surface area (Å²) in [7, 11) is 1.69. The van der Waals surface area contributed by atoms with E-state index in [1.165, 1.54) is 24.8 Å². The smallest absolute Gasteiger partial charge is 0.135 e. The molecule has 0 N–H and O–H groups in total. The summed E-state index contributed by atoms with van der Waals surface area (Å²) in [5, 5.41) is 0. The number of ether oxygens (including phenoxy) is 1. The molecule has 2 rings (SSSR count). The minimum atomic E-state index is 0.360. The van der Waals surface area contributed by atoms with Crippen molar-refractivity contribution in [3.05, 3.63) is 29.8 Å². The summed E-state index contributed by atoms with van der Waals surface area (Å²) in [6.45, 7) is 0. The van der Waals surface area contributed by atoms with E-state index in [2.05, 4.69) is 12.1 Å². The second-order valence-corrected chi connectivity index (χ2v) is 5.51. The second kappa shape index (κ2) is 7.32. The molecule has 0 aliphatic heterocycles. The van der Waals surface area contributed by atoms with E-state index in [9.17, 15) is 4.79 Å². The van der Waals surface area contributed by atoms with E-state index in [1.54, 1.807) is 7.11 Å². The van der Waals surface area contributed by atoms with Crippen LogP contribution in [0.3, 0.4) is 0 Å². The van der Waals surface area contributed by atoms with E-state index in [-0.39, 0.29) is 0 Å². The Morgan fingerprint density at radius 1 is 1.26 bits per heavy atom. The van der Waals surface area contributed by atoms with E-state index in [1.807, 2.05) is 12.1 Å². The normalized spacial score (nSPS) is 16.3. The summed E-state index contributed by atoms with van der Waals surface area (Å²) < 4.78 is 5.21. The van der Waals surface area contributed by atoms with Crippen molar-refractivity contribution < 1.29 is 9.53 Å². The molecule has 0 saturated heterocycles. The number of benzene rings is 1. The van der Waals surface area contributed by atoms with Crippen molar-refractivity contribution in [1.29, 1.82) is 0 Å². The number of carbonyl (C=O) groups is 1. The third-order valence-electron chi connectivity index (χ3n) is 4.08. The fourth-order valence-corrected chi connectivity index (χ4v) is 2.92. The number of carbonyl (C=O) groups excluding carboxylic acids is 1. The molecular weight excluding hydrogens is 236 g/mol. The molecule has 1 aliphatic rings. The first kappa shape index (κ1) is 14.1. The van der Waals surface area contributed by atoms with Gasteiger partial charge in [0.2, 0.25) is 0 Å². The fourth-order valence-electron chi connectivity index (χ4n) is 2.92. The van der Waals surface area contributed by atoms with Crippen molar-refractivity contribution in [1.82, 2.24) is 0 Å². The van der Waals surface area contributed by atoms with Gasteiger partial charge in [0.15, 0.2) is 0 Å². The highest BCUT2D eigenvalue weighted by Crippen LogP contribution is 2.26. The molecule has 1 saturated carbocycles. The van der Waals surface area contributed by atoms with Gasteiger partial charge in [0.25, 0.3) is 0 Å². The summed E-state index contributed by atoms with van der Waals surface area (Å²) in [6.07, 6.45) is 8.71. The van der Waals surface area contributed by atoms with E-state index in [0.29, 0.717) is 11.7 Å². The Morgan fingerprint density at radius 3 is 2.79 bits per heavy atom. The quantitative estimate of drug-likeness (QED) is 0.767. The average molecular weight is 260 g/mol. The first-order chi connectivity index (χ1) is 9.29. The number of Topliss-reactive ketones (excluding diaryl/α,β-unsaturated/α-hetero) is 1. The van der Waals surface area contributed by atoms with Crippen LogP contribution >= 0.6 is 0 Å². The fraction of sp³-hybridized carbons (Fsp3) is 0.588. The van der Waals surface area contributed by atoms with Gasteiger partial charge in [-0.2, -0.15) is 0 Å². The lowest BCUT2D eigenvalue weighted by molar-refractivity contribution is -0.123. The van der Waals surface area contributed by atoms with Gasteiger partial charge in [-0.15, -0.1) is 0 Å². The van der Waals surface area contributed by atoms with Crippen molar-refractivity contribution in [2.75, 3.05) is 7.11 Å². The molecule has 2 nitrogen and oxygen atoms in total. The molecule has 0 atom stereocenters. The zero-order valence-corrected chi connectivity index (χ0v) is 11.9. The molecule has 2 heteroatoms. The Labute approximate surface area is 116 Å². The van der Waals surface area contributed by atoms with Crippen molar-refractivity contribution >= 4 is 5.78 Å². The highest BCUT2D eigenvalue weighted by Gasteiger charge is 2.20. The highest BCUT2D eigenvalue weighted by atomic mass is 16.5. The maximum Gasteiger partial charge on any atom is 0.135 e. The van der Waals surface area contributed by atoms with Crippen LogP contribution in [-0.2, 0) is 11.2 Å². The van der Waals surface area contributed by atoms with Crippen LogP contribution in [0.15, 0.2) is 24.3 Å². The Kier molecular flexibility index (Phi) is 5.44. The maximum absolute atomic E-state index is 12.1. The molecule has 0 unspecified atom stereocenters. The lowest BCUT2D eigenvalue weighted by atomic mass is 9.84.